The van der Waals surface area contributed by atoms with Crippen LogP contribution in [-0.2, 0) is 27.3 Å². The summed E-state index contributed by atoms with van der Waals surface area (Å²) < 4.78 is 87.2. The van der Waals surface area contributed by atoms with E-state index >= 15 is 4.39 Å². The zero-order valence-corrected chi connectivity index (χ0v) is 30.1. The molecule has 0 spiro atoms. The Bertz CT molecular complexity index is 2120. The lowest BCUT2D eigenvalue weighted by Gasteiger charge is -2.24. The molecule has 5 N–H and O–H groups in total. The van der Waals surface area contributed by atoms with Crippen molar-refractivity contribution in [1.82, 2.24) is 24.4 Å². The van der Waals surface area contributed by atoms with E-state index in [-0.39, 0.29) is 18.2 Å². The van der Waals surface area contributed by atoms with Crippen LogP contribution < -0.4 is 15.8 Å². The first-order chi connectivity index (χ1) is 26.2. The van der Waals surface area contributed by atoms with Crippen molar-refractivity contribution in [2.45, 2.75) is 45.2 Å². The number of ether oxygens (including phenoxy) is 1. The number of anilines is 2. The van der Waals surface area contributed by atoms with Crippen molar-refractivity contribution in [2.75, 3.05) is 31.8 Å². The number of nitrogens with zero attached hydrogens (tertiary/aromatic N) is 5. The lowest BCUT2D eigenvalue weighted by atomic mass is 9.99. The van der Waals surface area contributed by atoms with E-state index in [2.05, 4.69) is 15.3 Å². The van der Waals surface area contributed by atoms with E-state index in [1.165, 1.54) is 4.90 Å². The summed E-state index contributed by atoms with van der Waals surface area (Å²) in [5.74, 6) is -5.06. The fourth-order valence-corrected chi connectivity index (χ4v) is 4.82. The third kappa shape index (κ3) is 11.8. The lowest BCUT2D eigenvalue weighted by molar-refractivity contribution is -0.193. The number of carboxylic acid groups (broad SMARTS) is 2. The Morgan fingerprint density at radius 1 is 0.964 bits per heavy atom. The molecule has 0 aliphatic heterocycles. The number of aromatic nitrogens is 4. The Morgan fingerprint density at radius 2 is 1.61 bits per heavy atom. The minimum Gasteiger partial charge on any atom is -0.491 e. The third-order valence-corrected chi connectivity index (χ3v) is 7.56. The molecule has 3 aromatic heterocycles. The minimum atomic E-state index is -5.08. The number of aliphatic carboxylic acids is 2. The van der Waals surface area contributed by atoms with Crippen molar-refractivity contribution in [3.63, 3.8) is 0 Å². The second-order valence-corrected chi connectivity index (χ2v) is 11.7. The van der Waals surface area contributed by atoms with Gasteiger partial charge in [0.15, 0.2) is 11.6 Å². The molecule has 1 unspecified atom stereocenters. The molecule has 20 heteroatoms. The molecule has 0 aliphatic carbocycles. The van der Waals surface area contributed by atoms with E-state index < -0.39 is 36.2 Å². The SMILES string of the molecule is CCOc1cc(CC)cc(C(Nc2ccc3c(N)nccc3c2)c2nc(-c3cccnc3)cn2CC(=O)N(C)C)c1F.O=C(O)C(F)(F)F.O=C(O)C(F)(F)F. The average molecular weight is 796 g/mol. The Labute approximate surface area is 314 Å². The third-order valence-electron chi connectivity index (χ3n) is 7.56. The van der Waals surface area contributed by atoms with Crippen LogP contribution in [0.5, 0.6) is 5.75 Å². The molecule has 0 bridgehead atoms. The van der Waals surface area contributed by atoms with E-state index in [4.69, 9.17) is 35.3 Å². The zero-order valence-electron chi connectivity index (χ0n) is 30.1. The first-order valence-electron chi connectivity index (χ1n) is 16.3. The number of carbonyl (C=O) groups excluding carboxylic acids is 1. The van der Waals surface area contributed by atoms with Crippen LogP contribution in [0.4, 0.5) is 42.2 Å². The molecular formula is C36H36F7N7O6. The predicted molar refractivity (Wildman–Crippen MR) is 190 cm³/mol. The highest BCUT2D eigenvalue weighted by Gasteiger charge is 2.39. The molecule has 13 nitrogen and oxygen atoms in total. The minimum absolute atomic E-state index is 0.0150. The molecule has 0 saturated heterocycles. The van der Waals surface area contributed by atoms with E-state index in [9.17, 15) is 31.1 Å². The number of carbonyl (C=O) groups is 3. The Balaban J connectivity index is 0.000000512. The van der Waals surface area contributed by atoms with Crippen LogP contribution in [0.3, 0.4) is 0 Å². The van der Waals surface area contributed by atoms with Crippen molar-refractivity contribution < 1.29 is 60.1 Å². The number of pyridine rings is 2. The monoisotopic (exact) mass is 795 g/mol. The molecule has 0 fully saturated rings. The van der Waals surface area contributed by atoms with E-state index in [1.807, 2.05) is 56.3 Å². The van der Waals surface area contributed by atoms with Gasteiger partial charge in [-0.15, -0.1) is 0 Å². The predicted octanol–water partition coefficient (Wildman–Crippen LogP) is 6.73. The summed E-state index contributed by atoms with van der Waals surface area (Å²) in [7, 11) is 3.40. The molecule has 1 amide bonds. The standard InChI is InChI=1S/C32H34FN7O2.2C2HF3O2/c1-5-20-14-25(29(33)27(15-20)42-6-2)30(37-23-9-10-24-21(16-23)11-13-36-31(24)34)32-38-26(22-8-7-12-35-17-22)18-40(32)19-28(41)39(3)4;2*3-2(4,5)1(6)7/h7-18,30,37H,5-6,19H2,1-4H3,(H2,34,36);2*(H,6,7). The molecule has 5 rings (SSSR count). The lowest BCUT2D eigenvalue weighted by Crippen LogP contribution is -2.28. The van der Waals surface area contributed by atoms with Crippen LogP contribution in [0.2, 0.25) is 0 Å². The number of halogens is 7. The summed E-state index contributed by atoms with van der Waals surface area (Å²) in [5, 5.41) is 19.5. The van der Waals surface area contributed by atoms with Crippen molar-refractivity contribution in [2.24, 2.45) is 0 Å². The van der Waals surface area contributed by atoms with Crippen molar-refractivity contribution in [3.8, 4) is 17.0 Å². The van der Waals surface area contributed by atoms with E-state index in [0.29, 0.717) is 41.6 Å². The van der Waals surface area contributed by atoms with E-state index in [0.717, 1.165) is 21.9 Å². The zero-order chi connectivity index (χ0) is 42.0. The highest BCUT2D eigenvalue weighted by Crippen LogP contribution is 2.36. The summed E-state index contributed by atoms with van der Waals surface area (Å²) in [6.07, 6.45) is -2.64. The summed E-state index contributed by atoms with van der Waals surface area (Å²) in [5.41, 5.74) is 9.46. The van der Waals surface area contributed by atoms with Gasteiger partial charge in [-0.1, -0.05) is 13.0 Å². The number of hydrogen-bond acceptors (Lipinski definition) is 9. The van der Waals surface area contributed by atoms with Crippen LogP contribution in [0, 0.1) is 5.82 Å². The second-order valence-electron chi connectivity index (χ2n) is 11.7. The van der Waals surface area contributed by atoms with Gasteiger partial charge in [-0.2, -0.15) is 26.3 Å². The number of benzene rings is 2. The first kappa shape index (κ1) is 43.9. The average Bonchev–Trinajstić information content (AvgIpc) is 3.55. The number of amides is 1. The quantitative estimate of drug-likeness (QED) is 0.110. The van der Waals surface area contributed by atoms with Gasteiger partial charge in [0.05, 0.1) is 12.3 Å². The topological polar surface area (TPSA) is 186 Å². The van der Waals surface area contributed by atoms with Crippen LogP contribution in [0.25, 0.3) is 22.0 Å². The Hall–Kier alpha value is -6.47. The highest BCUT2D eigenvalue weighted by atomic mass is 19.4. The van der Waals surface area contributed by atoms with Crippen molar-refractivity contribution >= 4 is 40.1 Å². The molecule has 2 aromatic carbocycles. The number of carboxylic acids is 2. The van der Waals surface area contributed by atoms with Gasteiger partial charge in [0.2, 0.25) is 5.91 Å². The number of nitrogens with one attached hydrogen (secondary N) is 1. The summed E-state index contributed by atoms with van der Waals surface area (Å²) >= 11 is 0. The first-order valence-corrected chi connectivity index (χ1v) is 16.3. The van der Waals surface area contributed by atoms with Crippen LogP contribution >= 0.6 is 0 Å². The maximum atomic E-state index is 16.3. The van der Waals surface area contributed by atoms with Gasteiger partial charge >= 0.3 is 24.3 Å². The molecule has 0 aliphatic rings. The molecular weight excluding hydrogens is 759 g/mol. The van der Waals surface area contributed by atoms with Crippen molar-refractivity contribution in [1.29, 1.82) is 0 Å². The van der Waals surface area contributed by atoms with Gasteiger partial charge < -0.3 is 35.5 Å². The van der Waals surface area contributed by atoms with Crippen LogP contribution in [0.1, 0.15) is 36.8 Å². The number of rotatable bonds is 10. The number of imidazole rings is 1. The van der Waals surface area contributed by atoms with Gasteiger partial charge in [0.1, 0.15) is 24.2 Å². The summed E-state index contributed by atoms with van der Waals surface area (Å²) in [6.45, 7) is 4.16. The Kier molecular flexibility index (Phi) is 14.7. The normalized spacial score (nSPS) is 11.7. The summed E-state index contributed by atoms with van der Waals surface area (Å²) in [4.78, 5) is 45.6. The number of nitrogen functional groups attached to an aromatic ring is 1. The van der Waals surface area contributed by atoms with Crippen molar-refractivity contribution in [3.05, 3.63) is 96.1 Å². The van der Waals surface area contributed by atoms with Gasteiger partial charge in [-0.05, 0) is 66.8 Å². The number of nitrogens with two attached hydrogens (primary N) is 1. The van der Waals surface area contributed by atoms with E-state index in [1.54, 1.807) is 49.5 Å². The van der Waals surface area contributed by atoms with Gasteiger partial charge in [-0.3, -0.25) is 9.78 Å². The molecule has 1 atom stereocenters. The molecule has 5 aromatic rings. The number of likely N-dealkylation sites (N-methyl/N-ethyl adjacent to an activating group) is 1. The van der Waals surface area contributed by atoms with Gasteiger partial charge in [0, 0.05) is 61.1 Å². The van der Waals surface area contributed by atoms with Crippen LogP contribution in [-0.4, -0.2) is 85.5 Å². The maximum absolute atomic E-state index is 16.3. The maximum Gasteiger partial charge on any atom is 0.490 e. The smallest absolute Gasteiger partial charge is 0.490 e. The molecule has 0 radical (unpaired) electrons. The number of hydrogen-bond donors (Lipinski definition) is 4. The Morgan fingerprint density at radius 3 is 2.14 bits per heavy atom. The molecule has 300 valence electrons. The number of fused-ring (bicyclic) bond motifs is 1. The fourth-order valence-electron chi connectivity index (χ4n) is 4.82. The van der Waals surface area contributed by atoms with Crippen LogP contribution in [0.15, 0.2) is 73.3 Å². The number of aryl methyl sites for hydroxylation is 1. The van der Waals surface area contributed by atoms with Gasteiger partial charge in [0.25, 0.3) is 0 Å². The number of alkyl halides is 6. The largest absolute Gasteiger partial charge is 0.491 e. The molecule has 56 heavy (non-hydrogen) atoms. The summed E-state index contributed by atoms with van der Waals surface area (Å²) in [6, 6.07) is 14.1. The highest BCUT2D eigenvalue weighted by molar-refractivity contribution is 5.93. The molecule has 3 heterocycles. The molecule has 0 saturated carbocycles. The second kappa shape index (κ2) is 18.7. The van der Waals surface area contributed by atoms with Gasteiger partial charge in [-0.25, -0.2) is 23.9 Å². The fraction of sp³-hybridized carbons (Fsp3) is 0.278.